The minimum atomic E-state index is 0.919. The van der Waals surface area contributed by atoms with Crippen LogP contribution < -0.4 is 0 Å². The SMILES string of the molecule is Cc1c(-n2c3ccccc3c3cc(-n4c5ccccc5c5ccccc54)ccc32)cc(-c2cc(-c3cncnc3)cc(-c3cncnc3)c2)cc1-n1c2ccccc2c2cc(-n3c4ccccc4c4ccccc43)ccc21. The molecule has 0 fully saturated rings. The number of benzene rings is 10. The van der Waals surface area contributed by atoms with E-state index in [4.69, 9.17) is 0 Å². The molecular formula is C69H44N8. The van der Waals surface area contributed by atoms with Crippen LogP contribution in [0.4, 0.5) is 0 Å². The second-order valence-corrected chi connectivity index (χ2v) is 20.0. The number of rotatable bonds is 7. The predicted molar refractivity (Wildman–Crippen MR) is 316 cm³/mol. The van der Waals surface area contributed by atoms with Crippen molar-refractivity contribution in [1.82, 2.24) is 38.2 Å². The van der Waals surface area contributed by atoms with Crippen LogP contribution in [0.2, 0.25) is 0 Å². The van der Waals surface area contributed by atoms with Gasteiger partial charge in [0.2, 0.25) is 0 Å². The molecule has 77 heavy (non-hydrogen) atoms. The van der Waals surface area contributed by atoms with Crippen molar-refractivity contribution in [3.8, 4) is 56.1 Å². The van der Waals surface area contributed by atoms with E-state index in [-0.39, 0.29) is 0 Å². The van der Waals surface area contributed by atoms with Crippen molar-refractivity contribution in [2.24, 2.45) is 0 Å². The van der Waals surface area contributed by atoms with Gasteiger partial charge >= 0.3 is 0 Å². The van der Waals surface area contributed by atoms with E-state index in [9.17, 15) is 0 Å². The number of nitrogens with zero attached hydrogens (tertiary/aromatic N) is 8. The van der Waals surface area contributed by atoms with Gasteiger partial charge in [0, 0.05) is 90.4 Å². The van der Waals surface area contributed by atoms with Crippen LogP contribution in [-0.2, 0) is 0 Å². The zero-order valence-electron chi connectivity index (χ0n) is 41.7. The summed E-state index contributed by atoms with van der Waals surface area (Å²) in [6.45, 7) is 2.29. The van der Waals surface area contributed by atoms with Gasteiger partial charge in [0.25, 0.3) is 0 Å². The second-order valence-electron chi connectivity index (χ2n) is 20.0. The highest BCUT2D eigenvalue weighted by atomic mass is 15.0. The minimum Gasteiger partial charge on any atom is -0.309 e. The van der Waals surface area contributed by atoms with Crippen molar-refractivity contribution in [3.63, 3.8) is 0 Å². The summed E-state index contributed by atoms with van der Waals surface area (Å²) in [5.41, 5.74) is 20.7. The molecule has 16 aromatic rings. The van der Waals surface area contributed by atoms with E-state index in [2.05, 4.69) is 257 Å². The second kappa shape index (κ2) is 16.8. The maximum absolute atomic E-state index is 4.45. The molecule has 16 rings (SSSR count). The van der Waals surface area contributed by atoms with Gasteiger partial charge in [-0.05, 0) is 138 Å². The first-order chi connectivity index (χ1) is 38.1. The largest absolute Gasteiger partial charge is 0.309 e. The molecule has 10 aromatic carbocycles. The average Bonchev–Trinajstić information content (AvgIpc) is 4.25. The summed E-state index contributed by atoms with van der Waals surface area (Å²) >= 11 is 0. The molecule has 0 radical (unpaired) electrons. The van der Waals surface area contributed by atoms with Gasteiger partial charge in [0.1, 0.15) is 12.7 Å². The van der Waals surface area contributed by atoms with Crippen LogP contribution in [0.3, 0.4) is 0 Å². The molecule has 8 heteroatoms. The summed E-state index contributed by atoms with van der Waals surface area (Å²) < 4.78 is 9.79. The lowest BCUT2D eigenvalue weighted by Crippen LogP contribution is -2.05. The van der Waals surface area contributed by atoms with Gasteiger partial charge in [0.05, 0.1) is 55.5 Å². The molecule has 0 bridgehead atoms. The first kappa shape index (κ1) is 43.0. The highest BCUT2D eigenvalue weighted by molar-refractivity contribution is 6.14. The molecule has 6 heterocycles. The maximum Gasteiger partial charge on any atom is 0.115 e. The van der Waals surface area contributed by atoms with E-state index >= 15 is 0 Å². The summed E-state index contributed by atoms with van der Waals surface area (Å²) in [5.74, 6) is 0. The Morgan fingerprint density at radius 2 is 0.519 bits per heavy atom. The van der Waals surface area contributed by atoms with Gasteiger partial charge in [-0.2, -0.15) is 0 Å². The molecule has 0 N–H and O–H groups in total. The van der Waals surface area contributed by atoms with Crippen LogP contribution in [0.25, 0.3) is 143 Å². The molecule has 0 aliphatic rings. The van der Waals surface area contributed by atoms with Gasteiger partial charge in [-0.1, -0.05) is 109 Å². The molecule has 0 saturated heterocycles. The summed E-state index contributed by atoms with van der Waals surface area (Å²) in [6, 6.07) is 78.1. The van der Waals surface area contributed by atoms with E-state index in [1.54, 1.807) is 12.7 Å². The van der Waals surface area contributed by atoms with Crippen molar-refractivity contribution in [3.05, 3.63) is 255 Å². The van der Waals surface area contributed by atoms with E-state index in [1.165, 1.54) is 65.2 Å². The lowest BCUT2D eigenvalue weighted by Gasteiger charge is -2.20. The number of fused-ring (bicyclic) bond motifs is 12. The van der Waals surface area contributed by atoms with Gasteiger partial charge in [-0.15, -0.1) is 0 Å². The third-order valence-corrected chi connectivity index (χ3v) is 15.9. The third kappa shape index (κ3) is 6.52. The Bertz CT molecular complexity index is 4640. The van der Waals surface area contributed by atoms with Gasteiger partial charge in [-0.3, -0.25) is 0 Å². The number of para-hydroxylation sites is 6. The summed E-state index contributed by atoms with van der Waals surface area (Å²) in [5, 5.41) is 9.69. The minimum absolute atomic E-state index is 0.919. The van der Waals surface area contributed by atoms with E-state index in [0.717, 1.165) is 83.8 Å². The fourth-order valence-electron chi connectivity index (χ4n) is 12.5. The van der Waals surface area contributed by atoms with Gasteiger partial charge < -0.3 is 18.3 Å². The molecule has 0 amide bonds. The van der Waals surface area contributed by atoms with Crippen molar-refractivity contribution < 1.29 is 0 Å². The lowest BCUT2D eigenvalue weighted by atomic mass is 9.93. The smallest absolute Gasteiger partial charge is 0.115 e. The van der Waals surface area contributed by atoms with Gasteiger partial charge in [0.15, 0.2) is 0 Å². The highest BCUT2D eigenvalue weighted by Gasteiger charge is 2.23. The summed E-state index contributed by atoms with van der Waals surface area (Å²) in [6.07, 6.45) is 10.7. The van der Waals surface area contributed by atoms with Crippen molar-refractivity contribution in [2.75, 3.05) is 0 Å². The average molecular weight is 985 g/mol. The van der Waals surface area contributed by atoms with Crippen molar-refractivity contribution >= 4 is 87.2 Å². The Hall–Kier alpha value is -10.4. The lowest BCUT2D eigenvalue weighted by molar-refractivity contribution is 1.09. The Morgan fingerprint density at radius 1 is 0.247 bits per heavy atom. The Morgan fingerprint density at radius 3 is 0.870 bits per heavy atom. The van der Waals surface area contributed by atoms with Gasteiger partial charge in [-0.25, -0.2) is 19.9 Å². The molecule has 360 valence electrons. The first-order valence-electron chi connectivity index (χ1n) is 26.0. The van der Waals surface area contributed by atoms with E-state index in [1.807, 2.05) is 24.8 Å². The number of hydrogen-bond donors (Lipinski definition) is 0. The molecule has 8 nitrogen and oxygen atoms in total. The molecular weight excluding hydrogens is 941 g/mol. The quantitative estimate of drug-likeness (QED) is 0.159. The predicted octanol–water partition coefficient (Wildman–Crippen LogP) is 17.0. The fraction of sp³-hybridized carbons (Fsp3) is 0.0145. The first-order valence-corrected chi connectivity index (χ1v) is 26.0. The van der Waals surface area contributed by atoms with E-state index < -0.39 is 0 Å². The molecule has 0 aliphatic heterocycles. The Kier molecular flexibility index (Phi) is 9.38. The van der Waals surface area contributed by atoms with Crippen LogP contribution in [0, 0.1) is 6.92 Å². The monoisotopic (exact) mass is 984 g/mol. The zero-order valence-corrected chi connectivity index (χ0v) is 41.7. The number of hydrogen-bond acceptors (Lipinski definition) is 4. The van der Waals surface area contributed by atoms with Crippen molar-refractivity contribution in [1.29, 1.82) is 0 Å². The fourth-order valence-corrected chi connectivity index (χ4v) is 12.5. The number of aromatic nitrogens is 8. The Balaban J connectivity index is 0.981. The highest BCUT2D eigenvalue weighted by Crippen LogP contribution is 2.44. The van der Waals surface area contributed by atoms with Crippen LogP contribution in [0.1, 0.15) is 5.56 Å². The van der Waals surface area contributed by atoms with Crippen LogP contribution in [0.5, 0.6) is 0 Å². The molecule has 6 aromatic heterocycles. The molecule has 0 aliphatic carbocycles. The summed E-state index contributed by atoms with van der Waals surface area (Å²) in [4.78, 5) is 17.8. The molecule has 0 spiro atoms. The van der Waals surface area contributed by atoms with Crippen LogP contribution in [-0.4, -0.2) is 38.2 Å². The molecule has 0 saturated carbocycles. The zero-order chi connectivity index (χ0) is 50.7. The van der Waals surface area contributed by atoms with Crippen molar-refractivity contribution in [2.45, 2.75) is 6.92 Å². The van der Waals surface area contributed by atoms with Crippen LogP contribution >= 0.6 is 0 Å². The third-order valence-electron chi connectivity index (χ3n) is 15.9. The van der Waals surface area contributed by atoms with E-state index in [0.29, 0.717) is 0 Å². The Labute approximate surface area is 441 Å². The molecule has 0 unspecified atom stereocenters. The van der Waals surface area contributed by atoms with Crippen LogP contribution in [0.15, 0.2) is 250 Å². The maximum atomic E-state index is 4.45. The topological polar surface area (TPSA) is 71.3 Å². The normalized spacial score (nSPS) is 12.0. The standard InChI is InChI=1S/C69H44N8/c1-43-68(76-64-24-12-6-18-56(64)58-35-50(26-28-66(58)76)74-60-20-8-2-14-52(60)53-15-3-9-21-61(53)74)33-47(44-30-45(48-37-70-41-71-38-48)32-46(31-44)49-39-72-42-73-40-49)34-69(43)77-65-25-13-7-19-57(65)59-36-51(27-29-67(59)77)75-62-22-10-4-16-54(62)55-17-5-11-23-63(55)75/h2-42H,1H3. The summed E-state index contributed by atoms with van der Waals surface area (Å²) in [7, 11) is 0. The molecule has 0 atom stereocenters.